The number of carbonyl (C=O) groups excluding carboxylic acids is 1. The van der Waals surface area contributed by atoms with Crippen molar-refractivity contribution in [3.05, 3.63) is 52.5 Å². The average molecular weight is 440 g/mol. The van der Waals surface area contributed by atoms with Crippen molar-refractivity contribution in [2.75, 3.05) is 24.6 Å². The number of hydrogen-bond donors (Lipinski definition) is 1. The summed E-state index contributed by atoms with van der Waals surface area (Å²) < 4.78 is 34.7. The molecule has 1 aliphatic carbocycles. The highest BCUT2D eigenvalue weighted by Gasteiger charge is 2.47. The Balaban J connectivity index is 1.44. The summed E-state index contributed by atoms with van der Waals surface area (Å²) in [5.41, 5.74) is 1.35. The average Bonchev–Trinajstić information content (AvgIpc) is 3.16. The Morgan fingerprint density at radius 1 is 1.16 bits per heavy atom. The van der Waals surface area contributed by atoms with Gasteiger partial charge in [-0.15, -0.1) is 11.3 Å². The van der Waals surface area contributed by atoms with Gasteiger partial charge in [0.2, 0.25) is 0 Å². The van der Waals surface area contributed by atoms with Crippen LogP contribution in [0.15, 0.2) is 29.6 Å². The van der Waals surface area contributed by atoms with E-state index in [1.165, 1.54) is 29.5 Å². The molecule has 0 radical (unpaired) electrons. The fraction of sp³-hybridized carbons (Fsp3) is 0.318. The van der Waals surface area contributed by atoms with Gasteiger partial charge in [0.05, 0.1) is 41.3 Å². The van der Waals surface area contributed by atoms with Crippen molar-refractivity contribution in [3.63, 3.8) is 0 Å². The van der Waals surface area contributed by atoms with Crippen molar-refractivity contribution in [1.29, 1.82) is 0 Å². The summed E-state index contributed by atoms with van der Waals surface area (Å²) >= 11 is 1.41. The van der Waals surface area contributed by atoms with E-state index in [0.717, 1.165) is 31.7 Å². The van der Waals surface area contributed by atoms with Crippen LogP contribution in [0.5, 0.6) is 0 Å². The van der Waals surface area contributed by atoms with E-state index in [4.69, 9.17) is 9.72 Å². The van der Waals surface area contributed by atoms with Crippen LogP contribution >= 0.6 is 11.3 Å². The fourth-order valence-electron chi connectivity index (χ4n) is 4.29. The largest absolute Gasteiger partial charge is 0.371 e. The lowest BCUT2D eigenvalue weighted by molar-refractivity contribution is 0.0204. The second-order valence-corrected chi connectivity index (χ2v) is 8.98. The van der Waals surface area contributed by atoms with E-state index in [-0.39, 0.29) is 29.3 Å². The molecule has 1 aromatic carbocycles. The number of anilines is 1. The number of carbonyl (C=O) groups is 1. The van der Waals surface area contributed by atoms with Crippen LogP contribution in [0.3, 0.4) is 0 Å². The number of morpholine rings is 1. The van der Waals surface area contributed by atoms with Crippen molar-refractivity contribution >= 4 is 23.1 Å². The molecule has 3 aromatic rings. The molecule has 4 heterocycles. The monoisotopic (exact) mass is 440 g/mol. The number of rotatable bonds is 3. The van der Waals surface area contributed by atoms with Gasteiger partial charge in [-0.3, -0.25) is 4.79 Å². The number of hydrogen-bond acceptors (Lipinski definition) is 6. The molecular weight excluding hydrogens is 422 g/mol. The molecule has 0 bridgehead atoms. The predicted octanol–water partition coefficient (Wildman–Crippen LogP) is 3.76. The third-order valence-electron chi connectivity index (χ3n) is 6.06. The van der Waals surface area contributed by atoms with Crippen molar-refractivity contribution < 1.29 is 18.3 Å². The molecule has 1 saturated carbocycles. The Labute approximate surface area is 180 Å². The summed E-state index contributed by atoms with van der Waals surface area (Å²) in [5, 5.41) is 5.34. The number of aromatic nitrogens is 2. The molecule has 1 amide bonds. The van der Waals surface area contributed by atoms with Crippen LogP contribution < -0.4 is 10.2 Å². The van der Waals surface area contributed by atoms with E-state index in [2.05, 4.69) is 15.2 Å². The molecule has 9 heteroatoms. The molecule has 6 rings (SSSR count). The van der Waals surface area contributed by atoms with E-state index >= 15 is 0 Å². The Hall–Kier alpha value is -2.91. The fourth-order valence-corrected chi connectivity index (χ4v) is 5.14. The van der Waals surface area contributed by atoms with Gasteiger partial charge in [0.25, 0.3) is 5.91 Å². The summed E-state index contributed by atoms with van der Waals surface area (Å²) in [4.78, 5) is 23.9. The summed E-state index contributed by atoms with van der Waals surface area (Å²) in [7, 11) is 0. The van der Waals surface area contributed by atoms with E-state index in [1.54, 1.807) is 6.07 Å². The molecular formula is C22H18F2N4O2S. The van der Waals surface area contributed by atoms with Crippen molar-refractivity contribution in [2.45, 2.75) is 25.0 Å². The lowest BCUT2D eigenvalue weighted by Crippen LogP contribution is -2.44. The van der Waals surface area contributed by atoms with Gasteiger partial charge in [0, 0.05) is 24.0 Å². The molecule has 0 atom stereocenters. The number of amides is 1. The quantitative estimate of drug-likeness (QED) is 0.672. The lowest BCUT2D eigenvalue weighted by atomic mass is 10.0. The Morgan fingerprint density at radius 2 is 1.97 bits per heavy atom. The molecule has 3 aliphatic rings. The first kappa shape index (κ1) is 18.8. The third-order valence-corrected chi connectivity index (χ3v) is 6.92. The summed E-state index contributed by atoms with van der Waals surface area (Å²) in [5.74, 6) is -0.813. The highest BCUT2D eigenvalue weighted by Crippen LogP contribution is 2.43. The van der Waals surface area contributed by atoms with Crippen molar-refractivity contribution in [2.24, 2.45) is 0 Å². The Kier molecular flexibility index (Phi) is 4.13. The molecule has 6 nitrogen and oxygen atoms in total. The molecule has 1 N–H and O–H groups in total. The maximum absolute atomic E-state index is 14.4. The lowest BCUT2D eigenvalue weighted by Gasteiger charge is -2.33. The molecule has 1 saturated heterocycles. The highest BCUT2D eigenvalue weighted by atomic mass is 32.1. The summed E-state index contributed by atoms with van der Waals surface area (Å²) in [6, 6.07) is 5.28. The van der Waals surface area contributed by atoms with Gasteiger partial charge in [-0.25, -0.2) is 18.7 Å². The van der Waals surface area contributed by atoms with Crippen LogP contribution in [0.4, 0.5) is 14.6 Å². The van der Waals surface area contributed by atoms with Gasteiger partial charge in [-0.05, 0) is 31.0 Å². The van der Waals surface area contributed by atoms with Crippen LogP contribution in [0.25, 0.3) is 21.8 Å². The van der Waals surface area contributed by atoms with Gasteiger partial charge in [0.1, 0.15) is 22.5 Å². The topological polar surface area (TPSA) is 67.4 Å². The second kappa shape index (κ2) is 6.80. The smallest absolute Gasteiger partial charge is 0.254 e. The molecule has 2 aromatic heterocycles. The van der Waals surface area contributed by atoms with Crippen molar-refractivity contribution in [3.8, 4) is 21.8 Å². The number of benzene rings is 1. The second-order valence-electron chi connectivity index (χ2n) is 8.12. The number of nitrogens with one attached hydrogen (secondary N) is 1. The Morgan fingerprint density at radius 3 is 2.74 bits per heavy atom. The van der Waals surface area contributed by atoms with Crippen LogP contribution in [-0.2, 0) is 11.3 Å². The Bertz CT molecular complexity index is 1200. The minimum Gasteiger partial charge on any atom is -0.371 e. The molecule has 2 aliphatic heterocycles. The first-order valence-corrected chi connectivity index (χ1v) is 11.0. The van der Waals surface area contributed by atoms with Gasteiger partial charge in [-0.2, -0.15) is 0 Å². The van der Waals surface area contributed by atoms with E-state index in [9.17, 15) is 13.6 Å². The number of thiazole rings is 1. The molecule has 158 valence electrons. The minimum absolute atomic E-state index is 0.0324. The highest BCUT2D eigenvalue weighted by molar-refractivity contribution is 7.13. The number of pyridine rings is 1. The zero-order chi connectivity index (χ0) is 21.2. The van der Waals surface area contributed by atoms with Crippen LogP contribution in [0.1, 0.15) is 28.9 Å². The summed E-state index contributed by atoms with van der Waals surface area (Å²) in [6.45, 7) is 2.44. The standard InChI is InChI=1S/C22H18F2N4O2S/c23-13-2-1-3-14(24)19(13)15-8-12(18-16(26-15)9-25-20(18)29)21-27-17(10-31-21)28-6-7-30-22(11-28)4-5-22/h1-3,8,10H,4-7,9,11H2,(H,25,29). The maximum atomic E-state index is 14.4. The first-order chi connectivity index (χ1) is 15.0. The third kappa shape index (κ3) is 3.11. The maximum Gasteiger partial charge on any atom is 0.254 e. The van der Waals surface area contributed by atoms with Gasteiger partial charge in [0.15, 0.2) is 0 Å². The molecule has 0 unspecified atom stereocenters. The predicted molar refractivity (Wildman–Crippen MR) is 112 cm³/mol. The minimum atomic E-state index is -0.696. The van der Waals surface area contributed by atoms with Crippen LogP contribution in [-0.4, -0.2) is 41.2 Å². The molecule has 2 fully saturated rings. The number of halogens is 2. The van der Waals surface area contributed by atoms with Crippen LogP contribution in [0.2, 0.25) is 0 Å². The van der Waals surface area contributed by atoms with Gasteiger partial charge in [-0.1, -0.05) is 6.07 Å². The molecule has 1 spiro atoms. The van der Waals surface area contributed by atoms with E-state index in [1.807, 2.05) is 5.38 Å². The first-order valence-electron chi connectivity index (χ1n) is 10.1. The zero-order valence-corrected chi connectivity index (χ0v) is 17.3. The molecule has 31 heavy (non-hydrogen) atoms. The normalized spacial score (nSPS) is 18.9. The van der Waals surface area contributed by atoms with Crippen molar-refractivity contribution in [1.82, 2.24) is 15.3 Å². The number of fused-ring (bicyclic) bond motifs is 1. The van der Waals surface area contributed by atoms with Gasteiger partial charge >= 0.3 is 0 Å². The summed E-state index contributed by atoms with van der Waals surface area (Å²) in [6.07, 6.45) is 2.13. The zero-order valence-electron chi connectivity index (χ0n) is 16.5. The number of nitrogens with zero attached hydrogens (tertiary/aromatic N) is 3. The van der Waals surface area contributed by atoms with E-state index in [0.29, 0.717) is 28.4 Å². The SMILES string of the molecule is O=C1NCc2nc(-c3c(F)cccc3F)cc(-c3nc(N4CCOC5(CC5)C4)cs3)c21. The van der Waals surface area contributed by atoms with E-state index < -0.39 is 11.6 Å². The number of ether oxygens (including phenoxy) is 1. The van der Waals surface area contributed by atoms with Crippen LogP contribution in [0, 0.1) is 11.6 Å². The van der Waals surface area contributed by atoms with Gasteiger partial charge < -0.3 is 15.0 Å².